The highest BCUT2D eigenvalue weighted by molar-refractivity contribution is 6.96. The Morgan fingerprint density at radius 2 is 0.957 bits per heavy atom. The Labute approximate surface area is 289 Å². The lowest BCUT2D eigenvalue weighted by molar-refractivity contribution is 0.813. The molecular formula is C43H59N2Si2+. The van der Waals surface area contributed by atoms with Gasteiger partial charge in [-0.2, -0.15) is 0 Å². The minimum Gasteiger partial charge on any atom is -0.243 e. The summed E-state index contributed by atoms with van der Waals surface area (Å²) in [4.78, 5) is 11.5. The SMILES string of the molecule is CC(C)c1cccc(C(C)C)c1N=C1C2=C[CH+][C@@H](C([Si](C)(C)C)[Si](C)(C)C)c3cccc(c32)C1=Nc1c(C(C)C)cccc1C(C)C. The van der Waals surface area contributed by atoms with E-state index < -0.39 is 16.1 Å². The van der Waals surface area contributed by atoms with E-state index in [1.807, 2.05) is 0 Å². The number of aliphatic imine (C=N–C) groups is 2. The molecule has 47 heavy (non-hydrogen) atoms. The summed E-state index contributed by atoms with van der Waals surface area (Å²) >= 11 is 0. The third kappa shape index (κ3) is 6.70. The molecule has 0 N–H and O–H groups in total. The molecule has 5 rings (SSSR count). The van der Waals surface area contributed by atoms with E-state index in [2.05, 4.69) is 162 Å². The Kier molecular flexibility index (Phi) is 9.90. The predicted octanol–water partition coefficient (Wildman–Crippen LogP) is 13.4. The third-order valence-corrected chi connectivity index (χ3v) is 19.9. The highest BCUT2D eigenvalue weighted by Gasteiger charge is 2.50. The van der Waals surface area contributed by atoms with Crippen molar-refractivity contribution < 1.29 is 0 Å². The summed E-state index contributed by atoms with van der Waals surface area (Å²) in [6.45, 7) is 33.8. The van der Waals surface area contributed by atoms with Crippen LogP contribution in [0.3, 0.4) is 0 Å². The van der Waals surface area contributed by atoms with Crippen LogP contribution in [-0.4, -0.2) is 27.6 Å². The lowest BCUT2D eigenvalue weighted by Crippen LogP contribution is -2.47. The molecule has 0 fully saturated rings. The molecule has 4 heteroatoms. The molecule has 0 heterocycles. The first-order valence-electron chi connectivity index (χ1n) is 18.1. The van der Waals surface area contributed by atoms with Gasteiger partial charge in [0.2, 0.25) is 0 Å². The maximum Gasteiger partial charge on any atom is 0.181 e. The van der Waals surface area contributed by atoms with Gasteiger partial charge in [0.15, 0.2) is 5.71 Å². The maximum absolute atomic E-state index is 5.75. The molecule has 0 aliphatic heterocycles. The Bertz CT molecular complexity index is 1670. The molecule has 2 aliphatic carbocycles. The molecule has 2 nitrogen and oxygen atoms in total. The average molecular weight is 660 g/mol. The summed E-state index contributed by atoms with van der Waals surface area (Å²) in [5.41, 5.74) is 14.9. The van der Waals surface area contributed by atoms with Gasteiger partial charge in [-0.15, -0.1) is 0 Å². The van der Waals surface area contributed by atoms with Gasteiger partial charge in [0.05, 0.1) is 22.9 Å². The summed E-state index contributed by atoms with van der Waals surface area (Å²) in [5.74, 6) is 1.90. The smallest absolute Gasteiger partial charge is 0.181 e. The van der Waals surface area contributed by atoms with Gasteiger partial charge in [0.1, 0.15) is 17.4 Å². The number of allylic oxidation sites excluding steroid dienone is 2. The van der Waals surface area contributed by atoms with Crippen molar-refractivity contribution in [3.05, 3.63) is 106 Å². The summed E-state index contributed by atoms with van der Waals surface area (Å²) < 4.78 is 0. The standard InChI is InChI=1S/C43H59N2Si2/c1-26(2)30-18-15-19-31(27(3)4)39(30)44-41-36-23-17-22-34-35(43(46(9,10)11)47(12,13)14)24-25-37(38(34)36)42(41)45-40-32(28(5)6)20-16-21-33(40)29(7)8/h15-29,35,43H,1-14H3/q+1/t35-/m1/s1. The van der Waals surface area contributed by atoms with Gasteiger partial charge >= 0.3 is 0 Å². The zero-order valence-corrected chi connectivity index (χ0v) is 33.7. The number of nitrogens with zero attached hydrogens (tertiary/aromatic N) is 2. The molecule has 1 atom stereocenters. The van der Waals surface area contributed by atoms with Gasteiger partial charge in [-0.05, 0) is 51.1 Å². The first kappa shape index (κ1) is 35.4. The fourth-order valence-corrected chi connectivity index (χ4v) is 21.7. The topological polar surface area (TPSA) is 24.7 Å². The van der Waals surface area contributed by atoms with E-state index in [1.165, 1.54) is 44.5 Å². The minimum absolute atomic E-state index is 0.368. The van der Waals surface area contributed by atoms with Crippen molar-refractivity contribution in [1.29, 1.82) is 0 Å². The zero-order chi connectivity index (χ0) is 34.6. The molecule has 2 aliphatic rings. The summed E-state index contributed by atoms with van der Waals surface area (Å²) in [7, 11) is -2.98. The molecule has 0 saturated carbocycles. The number of hydrogen-bond donors (Lipinski definition) is 0. The van der Waals surface area contributed by atoms with Crippen LogP contribution in [0.1, 0.15) is 124 Å². The highest BCUT2D eigenvalue weighted by atomic mass is 28.4. The molecule has 0 spiro atoms. The van der Waals surface area contributed by atoms with Crippen LogP contribution in [0.4, 0.5) is 11.4 Å². The Hall–Kier alpha value is -2.96. The maximum atomic E-state index is 5.75. The molecular weight excluding hydrogens is 601 g/mol. The van der Waals surface area contributed by atoms with E-state index in [1.54, 1.807) is 0 Å². The van der Waals surface area contributed by atoms with Gasteiger partial charge in [0, 0.05) is 33.7 Å². The fraction of sp³-hybridized carbons (Fsp3) is 0.465. The normalized spacial score (nSPS) is 18.3. The van der Waals surface area contributed by atoms with Crippen molar-refractivity contribution in [2.75, 3.05) is 0 Å². The van der Waals surface area contributed by atoms with E-state index in [0.717, 1.165) is 28.0 Å². The molecule has 0 radical (unpaired) electrons. The highest BCUT2D eigenvalue weighted by Crippen LogP contribution is 2.52. The Morgan fingerprint density at radius 1 is 0.553 bits per heavy atom. The summed E-state index contributed by atoms with van der Waals surface area (Å²) in [6, 6.07) is 20.5. The lowest BCUT2D eigenvalue weighted by atomic mass is 9.84. The second kappa shape index (κ2) is 13.2. The Morgan fingerprint density at radius 3 is 1.36 bits per heavy atom. The second-order valence-corrected chi connectivity index (χ2v) is 28.7. The number of benzene rings is 3. The average Bonchev–Trinajstić information content (AvgIpc) is 3.25. The largest absolute Gasteiger partial charge is 0.243 e. The van der Waals surface area contributed by atoms with Crippen LogP contribution in [0.2, 0.25) is 44.4 Å². The predicted molar refractivity (Wildman–Crippen MR) is 214 cm³/mol. The van der Waals surface area contributed by atoms with Crippen LogP contribution in [-0.2, 0) is 0 Å². The van der Waals surface area contributed by atoms with E-state index in [-0.39, 0.29) is 0 Å². The molecule has 0 saturated heterocycles. The van der Waals surface area contributed by atoms with E-state index >= 15 is 0 Å². The van der Waals surface area contributed by atoms with E-state index in [9.17, 15) is 0 Å². The molecule has 0 bridgehead atoms. The third-order valence-electron chi connectivity index (χ3n) is 10.3. The van der Waals surface area contributed by atoms with E-state index in [0.29, 0.717) is 29.6 Å². The van der Waals surface area contributed by atoms with Crippen molar-refractivity contribution in [2.45, 2.75) is 129 Å². The lowest BCUT2D eigenvalue weighted by Gasteiger charge is -2.42. The Balaban J connectivity index is 1.89. The van der Waals surface area contributed by atoms with Crippen molar-refractivity contribution >= 4 is 44.5 Å². The van der Waals surface area contributed by atoms with Gasteiger partial charge in [0.25, 0.3) is 0 Å². The summed E-state index contributed by atoms with van der Waals surface area (Å²) in [5, 5.41) is 0.726. The van der Waals surface area contributed by atoms with Crippen LogP contribution in [0.15, 0.2) is 70.7 Å². The van der Waals surface area contributed by atoms with Crippen molar-refractivity contribution in [2.24, 2.45) is 9.98 Å². The molecule has 3 aromatic rings. The van der Waals surface area contributed by atoms with Crippen LogP contribution in [0.25, 0.3) is 5.57 Å². The number of rotatable bonds is 9. The molecule has 248 valence electrons. The zero-order valence-electron chi connectivity index (χ0n) is 31.7. The number of para-hydroxylation sites is 2. The molecule has 0 amide bonds. The van der Waals surface area contributed by atoms with Crippen LogP contribution in [0, 0.1) is 6.42 Å². The second-order valence-electron chi connectivity index (χ2n) is 17.4. The number of hydrogen-bond acceptors (Lipinski definition) is 2. The van der Waals surface area contributed by atoms with Crippen molar-refractivity contribution in [3.63, 3.8) is 0 Å². The van der Waals surface area contributed by atoms with Crippen LogP contribution in [0.5, 0.6) is 0 Å². The molecule has 3 aromatic carbocycles. The molecule has 0 aromatic heterocycles. The first-order valence-corrected chi connectivity index (χ1v) is 25.2. The van der Waals surface area contributed by atoms with Gasteiger partial charge in [-0.25, -0.2) is 9.98 Å². The summed E-state index contributed by atoms with van der Waals surface area (Å²) in [6.07, 6.45) is 5.00. The quantitative estimate of drug-likeness (QED) is 0.161. The van der Waals surface area contributed by atoms with Crippen LogP contribution >= 0.6 is 0 Å². The first-order chi connectivity index (χ1) is 21.9. The van der Waals surface area contributed by atoms with Gasteiger partial charge in [-0.3, -0.25) is 0 Å². The van der Waals surface area contributed by atoms with Crippen LogP contribution < -0.4 is 0 Å². The molecule has 0 unspecified atom stereocenters. The van der Waals surface area contributed by atoms with Crippen molar-refractivity contribution in [3.8, 4) is 0 Å². The van der Waals surface area contributed by atoms with Gasteiger partial charge < -0.3 is 0 Å². The van der Waals surface area contributed by atoms with E-state index in [4.69, 9.17) is 9.98 Å². The fourth-order valence-electron chi connectivity index (χ4n) is 8.58. The van der Waals surface area contributed by atoms with Crippen molar-refractivity contribution in [1.82, 2.24) is 0 Å². The van der Waals surface area contributed by atoms with Gasteiger partial charge in [-0.1, -0.05) is 149 Å². The monoisotopic (exact) mass is 659 g/mol. The minimum atomic E-state index is -1.49.